The third kappa shape index (κ3) is 5.23. The van der Waals surface area contributed by atoms with Crippen LogP contribution in [0.15, 0.2) is 36.4 Å². The van der Waals surface area contributed by atoms with E-state index in [4.69, 9.17) is 9.47 Å². The zero-order valence-corrected chi connectivity index (χ0v) is 16.0. The number of benzene rings is 2. The smallest absolute Gasteiger partial charge is 0.308 e. The summed E-state index contributed by atoms with van der Waals surface area (Å²) in [5, 5.41) is 12.2. The molecule has 144 valence electrons. The minimum Gasteiger partial charge on any atom is -0.493 e. The molecule has 0 radical (unpaired) electrons. The lowest BCUT2D eigenvalue weighted by Crippen LogP contribution is -2.34. The molecule has 2 N–H and O–H groups in total. The van der Waals surface area contributed by atoms with Gasteiger partial charge < -0.3 is 19.9 Å². The average Bonchev–Trinajstić information content (AvgIpc) is 2.64. The number of rotatable bonds is 8. The molecule has 1 atom stereocenters. The topological polar surface area (TPSA) is 84.9 Å². The highest BCUT2D eigenvalue weighted by Gasteiger charge is 2.21. The van der Waals surface area contributed by atoms with Crippen molar-refractivity contribution in [1.29, 1.82) is 0 Å². The number of ether oxygens (including phenoxy) is 2. The molecule has 1 unspecified atom stereocenters. The van der Waals surface area contributed by atoms with Gasteiger partial charge in [-0.15, -0.1) is 0 Å². The van der Waals surface area contributed by atoms with E-state index in [1.54, 1.807) is 19.1 Å². The molecule has 2 aromatic rings. The van der Waals surface area contributed by atoms with Crippen LogP contribution in [0.2, 0.25) is 0 Å². The van der Waals surface area contributed by atoms with Gasteiger partial charge in [-0.05, 0) is 43.5 Å². The summed E-state index contributed by atoms with van der Waals surface area (Å²) >= 11 is 0. The predicted molar refractivity (Wildman–Crippen MR) is 103 cm³/mol. The van der Waals surface area contributed by atoms with Crippen LogP contribution in [0.1, 0.15) is 27.0 Å². The summed E-state index contributed by atoms with van der Waals surface area (Å²) in [6.45, 7) is 3.79. The van der Waals surface area contributed by atoms with Gasteiger partial charge in [-0.2, -0.15) is 0 Å². The normalized spacial score (nSPS) is 11.6. The summed E-state index contributed by atoms with van der Waals surface area (Å²) in [5.74, 6) is -1.02. The number of carboxylic acid groups (broad SMARTS) is 1. The second-order valence-electron chi connectivity index (χ2n) is 6.46. The molecule has 0 saturated carbocycles. The van der Waals surface area contributed by atoms with Crippen LogP contribution < -0.4 is 14.8 Å². The molecule has 27 heavy (non-hydrogen) atoms. The van der Waals surface area contributed by atoms with E-state index < -0.39 is 11.9 Å². The molecule has 1 amide bonds. The largest absolute Gasteiger partial charge is 0.493 e. The molecule has 0 aliphatic rings. The van der Waals surface area contributed by atoms with Crippen LogP contribution in [0, 0.1) is 19.8 Å². The second-order valence-corrected chi connectivity index (χ2v) is 6.46. The van der Waals surface area contributed by atoms with Crippen molar-refractivity contribution in [2.75, 3.05) is 20.8 Å². The minimum atomic E-state index is -0.944. The van der Waals surface area contributed by atoms with E-state index in [-0.39, 0.29) is 12.5 Å². The third-order valence-electron chi connectivity index (χ3n) is 4.40. The number of aliphatic carboxylic acids is 1. The van der Waals surface area contributed by atoms with Gasteiger partial charge in [-0.1, -0.05) is 29.8 Å². The zero-order chi connectivity index (χ0) is 20.0. The van der Waals surface area contributed by atoms with Gasteiger partial charge in [0.05, 0.1) is 20.1 Å². The van der Waals surface area contributed by atoms with Crippen molar-refractivity contribution >= 4 is 11.9 Å². The number of carbonyl (C=O) groups excluding carboxylic acids is 1. The Bertz CT molecular complexity index is 831. The number of hydrogen-bond donors (Lipinski definition) is 2. The van der Waals surface area contributed by atoms with E-state index in [9.17, 15) is 14.7 Å². The first-order chi connectivity index (χ1) is 12.8. The SMILES string of the molecule is COc1cc(C)c(C(=O)NCC(Cc2cccc(C)c2)C(=O)O)cc1OC. The Morgan fingerprint density at radius 2 is 1.74 bits per heavy atom. The van der Waals surface area contributed by atoms with Crippen molar-refractivity contribution in [3.63, 3.8) is 0 Å². The Hall–Kier alpha value is -3.02. The van der Waals surface area contributed by atoms with Gasteiger partial charge in [-0.25, -0.2) is 0 Å². The quantitative estimate of drug-likeness (QED) is 0.745. The standard InChI is InChI=1S/C21H25NO5/c1-13-6-5-7-15(8-13)10-16(21(24)25)12-22-20(23)17-11-19(27-4)18(26-3)9-14(17)2/h5-9,11,16H,10,12H2,1-4H3,(H,22,23)(H,24,25). The highest BCUT2D eigenvalue weighted by atomic mass is 16.5. The van der Waals surface area contributed by atoms with E-state index in [1.165, 1.54) is 14.2 Å². The second kappa shape index (κ2) is 9.07. The molecular formula is C21H25NO5. The Morgan fingerprint density at radius 3 is 2.33 bits per heavy atom. The molecular weight excluding hydrogens is 346 g/mol. The van der Waals surface area contributed by atoms with Gasteiger partial charge in [-0.3, -0.25) is 9.59 Å². The zero-order valence-electron chi connectivity index (χ0n) is 16.0. The monoisotopic (exact) mass is 371 g/mol. The van der Waals surface area contributed by atoms with E-state index in [2.05, 4.69) is 5.32 Å². The van der Waals surface area contributed by atoms with E-state index in [1.807, 2.05) is 31.2 Å². The van der Waals surface area contributed by atoms with Gasteiger partial charge in [0.15, 0.2) is 11.5 Å². The first-order valence-electron chi connectivity index (χ1n) is 8.64. The highest BCUT2D eigenvalue weighted by Crippen LogP contribution is 2.30. The average molecular weight is 371 g/mol. The van der Waals surface area contributed by atoms with Crippen LogP contribution in [0.3, 0.4) is 0 Å². The summed E-state index contributed by atoms with van der Waals surface area (Å²) < 4.78 is 10.5. The molecule has 6 nitrogen and oxygen atoms in total. The van der Waals surface area contributed by atoms with Crippen molar-refractivity contribution in [2.24, 2.45) is 5.92 Å². The molecule has 0 bridgehead atoms. The first kappa shape index (κ1) is 20.3. The number of carbonyl (C=O) groups is 2. The minimum absolute atomic E-state index is 0.0376. The molecule has 0 heterocycles. The number of hydrogen-bond acceptors (Lipinski definition) is 4. The van der Waals surface area contributed by atoms with Gasteiger partial charge >= 0.3 is 5.97 Å². The summed E-state index contributed by atoms with van der Waals surface area (Å²) in [5.41, 5.74) is 3.14. The molecule has 0 aliphatic heterocycles. The van der Waals surface area contributed by atoms with Crippen LogP contribution in [-0.4, -0.2) is 37.7 Å². The Kier molecular flexibility index (Phi) is 6.82. The fourth-order valence-corrected chi connectivity index (χ4v) is 2.91. The Labute approximate surface area is 159 Å². The molecule has 2 rings (SSSR count). The molecule has 2 aromatic carbocycles. The number of carboxylic acids is 1. The highest BCUT2D eigenvalue weighted by molar-refractivity contribution is 5.96. The van der Waals surface area contributed by atoms with Crippen LogP contribution in [0.4, 0.5) is 0 Å². The molecule has 0 saturated heterocycles. The Balaban J connectivity index is 2.11. The fraction of sp³-hybridized carbons (Fsp3) is 0.333. The summed E-state index contributed by atoms with van der Waals surface area (Å²) in [6, 6.07) is 11.0. The van der Waals surface area contributed by atoms with Crippen LogP contribution in [0.25, 0.3) is 0 Å². The van der Waals surface area contributed by atoms with Crippen LogP contribution in [-0.2, 0) is 11.2 Å². The lowest BCUT2D eigenvalue weighted by molar-refractivity contribution is -0.141. The van der Waals surface area contributed by atoms with E-state index in [0.717, 1.165) is 16.7 Å². The van der Waals surface area contributed by atoms with Gasteiger partial charge in [0.2, 0.25) is 0 Å². The Morgan fingerprint density at radius 1 is 1.07 bits per heavy atom. The number of methoxy groups -OCH3 is 2. The van der Waals surface area contributed by atoms with Crippen molar-refractivity contribution in [1.82, 2.24) is 5.32 Å². The van der Waals surface area contributed by atoms with Crippen molar-refractivity contribution in [2.45, 2.75) is 20.3 Å². The van der Waals surface area contributed by atoms with Crippen molar-refractivity contribution < 1.29 is 24.2 Å². The maximum atomic E-state index is 12.6. The number of amides is 1. The van der Waals surface area contributed by atoms with Crippen molar-refractivity contribution in [3.05, 3.63) is 58.7 Å². The maximum Gasteiger partial charge on any atom is 0.308 e. The molecule has 0 spiro atoms. The van der Waals surface area contributed by atoms with E-state index >= 15 is 0 Å². The van der Waals surface area contributed by atoms with Crippen LogP contribution >= 0.6 is 0 Å². The third-order valence-corrected chi connectivity index (χ3v) is 4.40. The molecule has 6 heteroatoms. The van der Waals surface area contributed by atoms with Gasteiger partial charge in [0.1, 0.15) is 0 Å². The molecule has 0 aliphatic carbocycles. The number of nitrogens with one attached hydrogen (secondary N) is 1. The summed E-state index contributed by atoms with van der Waals surface area (Å²) in [4.78, 5) is 24.2. The van der Waals surface area contributed by atoms with Gasteiger partial charge in [0.25, 0.3) is 5.91 Å². The summed E-state index contributed by atoms with van der Waals surface area (Å²) in [6.07, 6.45) is 0.349. The van der Waals surface area contributed by atoms with E-state index in [0.29, 0.717) is 23.5 Å². The van der Waals surface area contributed by atoms with Crippen molar-refractivity contribution in [3.8, 4) is 11.5 Å². The maximum absolute atomic E-state index is 12.6. The first-order valence-corrected chi connectivity index (χ1v) is 8.64. The predicted octanol–water partition coefficient (Wildman–Crippen LogP) is 2.99. The lowest BCUT2D eigenvalue weighted by Gasteiger charge is -2.16. The number of aryl methyl sites for hydroxylation is 2. The fourth-order valence-electron chi connectivity index (χ4n) is 2.91. The molecule has 0 fully saturated rings. The summed E-state index contributed by atoms with van der Waals surface area (Å²) in [7, 11) is 3.02. The lowest BCUT2D eigenvalue weighted by atomic mass is 9.98. The molecule has 0 aromatic heterocycles. The van der Waals surface area contributed by atoms with Crippen LogP contribution in [0.5, 0.6) is 11.5 Å². The van der Waals surface area contributed by atoms with Gasteiger partial charge in [0, 0.05) is 12.1 Å².